The average molecular weight is 381 g/mol. The van der Waals surface area contributed by atoms with Gasteiger partial charge in [-0.2, -0.15) is 0 Å². The molecule has 0 N–H and O–H groups in total. The van der Waals surface area contributed by atoms with E-state index in [-0.39, 0.29) is 17.6 Å². The number of hydrogen-bond acceptors (Lipinski definition) is 4. The highest BCUT2D eigenvalue weighted by Crippen LogP contribution is 2.48. The van der Waals surface area contributed by atoms with E-state index < -0.39 is 11.2 Å². The molecule has 2 aromatic rings. The quantitative estimate of drug-likeness (QED) is 0.748. The number of ketones is 1. The molecule has 2 atom stereocenters. The van der Waals surface area contributed by atoms with E-state index in [1.807, 2.05) is 6.92 Å². The molecule has 1 amide bonds. The Bertz CT molecular complexity index is 916. The van der Waals surface area contributed by atoms with E-state index in [2.05, 4.69) is 9.97 Å². The van der Waals surface area contributed by atoms with Gasteiger partial charge < -0.3 is 0 Å². The van der Waals surface area contributed by atoms with Crippen LogP contribution in [-0.4, -0.2) is 28.2 Å². The lowest BCUT2D eigenvalue weighted by molar-refractivity contribution is -0.128. The normalized spacial score (nSPS) is 24.7. The van der Waals surface area contributed by atoms with Crippen LogP contribution in [0.5, 0.6) is 0 Å². The minimum atomic E-state index is -0.406. The maximum Gasteiger partial charge on any atom is 0.234 e. The Balaban J connectivity index is 1.47. The first-order chi connectivity index (χ1) is 13.5. The van der Waals surface area contributed by atoms with Crippen LogP contribution in [0.1, 0.15) is 54.6 Å². The molecule has 1 aromatic carbocycles. The molecule has 0 unspecified atom stereocenters. The summed E-state index contributed by atoms with van der Waals surface area (Å²) in [5.41, 5.74) is 0.791. The van der Waals surface area contributed by atoms with Gasteiger partial charge in [0.2, 0.25) is 5.91 Å². The molecule has 2 aliphatic rings. The van der Waals surface area contributed by atoms with Gasteiger partial charge in [0.15, 0.2) is 11.6 Å². The predicted molar refractivity (Wildman–Crippen MR) is 103 cm³/mol. The van der Waals surface area contributed by atoms with Gasteiger partial charge >= 0.3 is 0 Å². The fourth-order valence-electron chi connectivity index (χ4n) is 4.74. The Morgan fingerprint density at radius 2 is 2.18 bits per heavy atom. The first kappa shape index (κ1) is 18.7. The molecule has 146 valence electrons. The number of aromatic nitrogens is 2. The van der Waals surface area contributed by atoms with Crippen LogP contribution in [0.4, 0.5) is 10.2 Å². The molecule has 1 spiro atoms. The maximum atomic E-state index is 13.4. The average Bonchev–Trinajstić information content (AvgIpc) is 2.97. The van der Waals surface area contributed by atoms with E-state index in [0.717, 1.165) is 31.4 Å². The molecular weight excluding hydrogens is 357 g/mol. The first-order valence-corrected chi connectivity index (χ1v) is 9.86. The van der Waals surface area contributed by atoms with Crippen LogP contribution < -0.4 is 4.90 Å². The highest BCUT2D eigenvalue weighted by Gasteiger charge is 2.49. The van der Waals surface area contributed by atoms with Crippen LogP contribution in [0.3, 0.4) is 0 Å². The lowest BCUT2D eigenvalue weighted by atomic mass is 9.67. The van der Waals surface area contributed by atoms with Gasteiger partial charge in [-0.25, -0.2) is 9.37 Å². The van der Waals surface area contributed by atoms with E-state index in [1.165, 1.54) is 12.1 Å². The first-order valence-electron chi connectivity index (χ1n) is 9.86. The zero-order valence-corrected chi connectivity index (χ0v) is 16.0. The van der Waals surface area contributed by atoms with E-state index in [9.17, 15) is 14.0 Å². The van der Waals surface area contributed by atoms with Gasteiger partial charge in [0.1, 0.15) is 5.82 Å². The molecule has 28 heavy (non-hydrogen) atoms. The minimum absolute atomic E-state index is 0.0478. The van der Waals surface area contributed by atoms with Gasteiger partial charge in [0, 0.05) is 24.7 Å². The summed E-state index contributed by atoms with van der Waals surface area (Å²) in [5, 5.41) is 0. The van der Waals surface area contributed by atoms with E-state index in [4.69, 9.17) is 0 Å². The van der Waals surface area contributed by atoms with E-state index >= 15 is 0 Å². The molecule has 5 nitrogen and oxygen atoms in total. The van der Waals surface area contributed by atoms with E-state index in [0.29, 0.717) is 30.8 Å². The van der Waals surface area contributed by atoms with Crippen molar-refractivity contribution in [2.45, 2.75) is 45.4 Å². The van der Waals surface area contributed by atoms with E-state index in [1.54, 1.807) is 29.4 Å². The molecule has 1 saturated heterocycles. The van der Waals surface area contributed by atoms with Crippen molar-refractivity contribution in [2.75, 3.05) is 11.4 Å². The monoisotopic (exact) mass is 381 g/mol. The number of anilines is 1. The Morgan fingerprint density at radius 1 is 1.32 bits per heavy atom. The fourth-order valence-corrected chi connectivity index (χ4v) is 4.74. The van der Waals surface area contributed by atoms with Crippen LogP contribution in [0.2, 0.25) is 0 Å². The number of amides is 1. The Morgan fingerprint density at radius 3 is 2.96 bits per heavy atom. The molecular formula is C22H24FN3O2. The van der Waals surface area contributed by atoms with Gasteiger partial charge in [-0.05, 0) is 50.7 Å². The topological polar surface area (TPSA) is 63.2 Å². The van der Waals surface area contributed by atoms with Gasteiger partial charge in [0.05, 0.1) is 17.3 Å². The van der Waals surface area contributed by atoms with Crippen molar-refractivity contribution in [2.24, 2.45) is 11.3 Å². The smallest absolute Gasteiger partial charge is 0.234 e. The fraction of sp³-hybridized carbons (Fsp3) is 0.455. The molecule has 0 radical (unpaired) electrons. The molecule has 1 aromatic heterocycles. The third-order valence-electron chi connectivity index (χ3n) is 6.10. The molecule has 2 fully saturated rings. The van der Waals surface area contributed by atoms with Crippen molar-refractivity contribution in [3.8, 4) is 0 Å². The Labute approximate surface area is 164 Å². The summed E-state index contributed by atoms with van der Waals surface area (Å²) in [7, 11) is 0. The van der Waals surface area contributed by atoms with Crippen LogP contribution in [-0.2, 0) is 4.79 Å². The number of carbonyl (C=O) groups excluding carboxylic acids is 2. The lowest BCUT2D eigenvalue weighted by Crippen LogP contribution is -2.39. The summed E-state index contributed by atoms with van der Waals surface area (Å²) in [6, 6.07) is 5.85. The largest absolute Gasteiger partial charge is 0.295 e. The predicted octanol–water partition coefficient (Wildman–Crippen LogP) is 4.11. The van der Waals surface area contributed by atoms with Crippen molar-refractivity contribution in [1.29, 1.82) is 0 Å². The standard InChI is InChI=1S/C22H24FN3O2/c1-15-13-24-14-20(25-15)26-9-8-22(21(26)28)7-3-4-16(12-22)10-19(27)17-5-2-6-18(23)11-17/h2,5-6,11,13-14,16H,3-4,7-10,12H2,1H3/t16-,22+/m1/s1. The number of aryl methyl sites for hydroxylation is 1. The molecule has 2 heterocycles. The number of Topliss-reactive ketones (excluding diaryl/α,β-unsaturated/α-hetero) is 1. The van der Waals surface area contributed by atoms with Crippen molar-refractivity contribution in [1.82, 2.24) is 9.97 Å². The highest BCUT2D eigenvalue weighted by molar-refractivity contribution is 5.99. The summed E-state index contributed by atoms with van der Waals surface area (Å²) in [5.74, 6) is 0.424. The third-order valence-corrected chi connectivity index (χ3v) is 6.10. The molecule has 1 saturated carbocycles. The third kappa shape index (κ3) is 3.55. The summed E-state index contributed by atoms with van der Waals surface area (Å²) < 4.78 is 13.4. The van der Waals surface area contributed by atoms with Gasteiger partial charge in [-0.3, -0.25) is 19.5 Å². The number of carbonyl (C=O) groups is 2. The molecule has 6 heteroatoms. The number of halogens is 1. The van der Waals surface area contributed by atoms with Crippen molar-refractivity contribution < 1.29 is 14.0 Å². The van der Waals surface area contributed by atoms with Crippen LogP contribution in [0, 0.1) is 24.1 Å². The van der Waals surface area contributed by atoms with Gasteiger partial charge in [0.25, 0.3) is 0 Å². The molecule has 1 aliphatic heterocycles. The summed E-state index contributed by atoms with van der Waals surface area (Å²) in [6.45, 7) is 2.50. The zero-order valence-electron chi connectivity index (χ0n) is 16.0. The highest BCUT2D eigenvalue weighted by atomic mass is 19.1. The Hall–Kier alpha value is -2.63. The van der Waals surface area contributed by atoms with Crippen LogP contribution in [0.15, 0.2) is 36.7 Å². The summed E-state index contributed by atoms with van der Waals surface area (Å²) in [6.07, 6.45) is 7.89. The second-order valence-electron chi connectivity index (χ2n) is 8.11. The van der Waals surface area contributed by atoms with Crippen molar-refractivity contribution in [3.63, 3.8) is 0 Å². The number of hydrogen-bond donors (Lipinski definition) is 0. The molecule has 0 bridgehead atoms. The van der Waals surface area contributed by atoms with Gasteiger partial charge in [-0.1, -0.05) is 18.6 Å². The molecule has 4 rings (SSSR count). The second kappa shape index (κ2) is 7.41. The van der Waals surface area contributed by atoms with Crippen LogP contribution in [0.25, 0.3) is 0 Å². The van der Waals surface area contributed by atoms with Gasteiger partial charge in [-0.15, -0.1) is 0 Å². The number of nitrogens with zero attached hydrogens (tertiary/aromatic N) is 3. The molecule has 1 aliphatic carbocycles. The van der Waals surface area contributed by atoms with Crippen molar-refractivity contribution >= 4 is 17.5 Å². The summed E-state index contributed by atoms with van der Waals surface area (Å²) in [4.78, 5) is 36.2. The number of benzene rings is 1. The van der Waals surface area contributed by atoms with Crippen LogP contribution >= 0.6 is 0 Å². The SMILES string of the molecule is Cc1cncc(N2CC[C@]3(CCC[C@H](CC(=O)c4cccc(F)c4)C3)C2=O)n1. The lowest BCUT2D eigenvalue weighted by Gasteiger charge is -2.36. The zero-order chi connectivity index (χ0) is 19.7. The maximum absolute atomic E-state index is 13.4. The Kier molecular flexibility index (Phi) is 4.96. The second-order valence-corrected chi connectivity index (χ2v) is 8.11. The number of rotatable bonds is 4. The van der Waals surface area contributed by atoms with Crippen molar-refractivity contribution in [3.05, 3.63) is 53.7 Å². The summed E-state index contributed by atoms with van der Waals surface area (Å²) >= 11 is 0. The minimum Gasteiger partial charge on any atom is -0.295 e.